The zero-order valence-corrected chi connectivity index (χ0v) is 19.9. The fourth-order valence-corrected chi connectivity index (χ4v) is 3.75. The van der Waals surface area contributed by atoms with Crippen LogP contribution in [-0.2, 0) is 12.6 Å². The first-order valence-electron chi connectivity index (χ1n) is 11.7. The number of halogens is 3. The van der Waals surface area contributed by atoms with E-state index < -0.39 is 17.8 Å². The maximum absolute atomic E-state index is 12.6. The summed E-state index contributed by atoms with van der Waals surface area (Å²) in [6, 6.07) is 12.4. The molecule has 7 nitrogen and oxygen atoms in total. The van der Waals surface area contributed by atoms with Crippen molar-refractivity contribution in [1.82, 2.24) is 19.8 Å². The van der Waals surface area contributed by atoms with E-state index in [1.54, 1.807) is 29.2 Å². The van der Waals surface area contributed by atoms with Crippen LogP contribution in [0.1, 0.15) is 23.2 Å². The minimum atomic E-state index is -4.46. The van der Waals surface area contributed by atoms with E-state index in [1.165, 1.54) is 0 Å². The van der Waals surface area contributed by atoms with Crippen molar-refractivity contribution in [1.29, 1.82) is 0 Å². The number of aryl methyl sites for hydroxylation is 2. The molecule has 4 rings (SSSR count). The molecule has 0 saturated carbocycles. The molecule has 10 heteroatoms. The molecule has 2 aromatic heterocycles. The molecule has 3 heterocycles. The lowest BCUT2D eigenvalue weighted by Gasteiger charge is -2.34. The number of pyridine rings is 2. The van der Waals surface area contributed by atoms with Crippen LogP contribution in [0.15, 0.2) is 60.9 Å². The van der Waals surface area contributed by atoms with Gasteiger partial charge in [-0.05, 0) is 68.3 Å². The van der Waals surface area contributed by atoms with Crippen molar-refractivity contribution < 1.29 is 27.4 Å². The molecule has 0 unspecified atom stereocenters. The van der Waals surface area contributed by atoms with Gasteiger partial charge in [0, 0.05) is 50.3 Å². The molecule has 0 N–H and O–H groups in total. The molecule has 1 saturated heterocycles. The van der Waals surface area contributed by atoms with E-state index in [0.717, 1.165) is 55.9 Å². The molecule has 1 amide bonds. The van der Waals surface area contributed by atoms with E-state index in [9.17, 15) is 18.0 Å². The van der Waals surface area contributed by atoms with Crippen molar-refractivity contribution in [2.24, 2.45) is 0 Å². The summed E-state index contributed by atoms with van der Waals surface area (Å²) in [5.41, 5.74) is 1.40. The Morgan fingerprint density at radius 2 is 1.64 bits per heavy atom. The summed E-state index contributed by atoms with van der Waals surface area (Å²) >= 11 is 0. The van der Waals surface area contributed by atoms with Gasteiger partial charge in [-0.15, -0.1) is 0 Å². The van der Waals surface area contributed by atoms with Crippen LogP contribution in [0.4, 0.5) is 18.0 Å². The SMILES string of the molecule is Cc1ccc(CCCN2CCN(C(=O)Oc3ccc(Oc4ccc(C(F)(F)F)cn4)cc3)CC2)nc1. The minimum Gasteiger partial charge on any atom is -0.439 e. The summed E-state index contributed by atoms with van der Waals surface area (Å²) in [6.07, 6.45) is -0.336. The maximum Gasteiger partial charge on any atom is 0.417 e. The third kappa shape index (κ3) is 7.17. The number of carbonyl (C=O) groups is 1. The third-order valence-electron chi connectivity index (χ3n) is 5.83. The molecule has 0 spiro atoms. The molecule has 1 aromatic carbocycles. The monoisotopic (exact) mass is 500 g/mol. The van der Waals surface area contributed by atoms with Gasteiger partial charge in [0.2, 0.25) is 5.88 Å². The Hall–Kier alpha value is -3.66. The molecule has 36 heavy (non-hydrogen) atoms. The highest BCUT2D eigenvalue weighted by atomic mass is 19.4. The van der Waals surface area contributed by atoms with Crippen LogP contribution >= 0.6 is 0 Å². The molecule has 0 atom stereocenters. The number of hydrogen-bond donors (Lipinski definition) is 0. The maximum atomic E-state index is 12.6. The minimum absolute atomic E-state index is 0.0285. The lowest BCUT2D eigenvalue weighted by Crippen LogP contribution is -2.49. The molecule has 0 radical (unpaired) electrons. The van der Waals surface area contributed by atoms with Crippen molar-refractivity contribution >= 4 is 6.09 Å². The quantitative estimate of drug-likeness (QED) is 0.436. The first-order valence-corrected chi connectivity index (χ1v) is 11.7. The van der Waals surface area contributed by atoms with Gasteiger partial charge in [0.25, 0.3) is 0 Å². The van der Waals surface area contributed by atoms with Gasteiger partial charge >= 0.3 is 12.3 Å². The van der Waals surface area contributed by atoms with Crippen molar-refractivity contribution in [3.8, 4) is 17.4 Å². The van der Waals surface area contributed by atoms with E-state index in [1.807, 2.05) is 13.1 Å². The fourth-order valence-electron chi connectivity index (χ4n) is 3.75. The number of hydrogen-bond acceptors (Lipinski definition) is 6. The Labute approximate surface area is 207 Å². The van der Waals surface area contributed by atoms with E-state index in [0.29, 0.717) is 30.8 Å². The van der Waals surface area contributed by atoms with Gasteiger partial charge in [-0.1, -0.05) is 6.07 Å². The molecule has 0 aliphatic carbocycles. The van der Waals surface area contributed by atoms with Crippen LogP contribution in [0.25, 0.3) is 0 Å². The molecule has 1 aliphatic rings. The van der Waals surface area contributed by atoms with Crippen molar-refractivity contribution in [3.63, 3.8) is 0 Å². The molecule has 1 fully saturated rings. The van der Waals surface area contributed by atoms with Crippen molar-refractivity contribution in [2.45, 2.75) is 25.9 Å². The van der Waals surface area contributed by atoms with E-state index in [-0.39, 0.29) is 5.88 Å². The van der Waals surface area contributed by atoms with Crippen LogP contribution in [0.3, 0.4) is 0 Å². The second kappa shape index (κ2) is 11.4. The van der Waals surface area contributed by atoms with Gasteiger partial charge in [-0.3, -0.25) is 9.88 Å². The number of alkyl halides is 3. The first kappa shape index (κ1) is 25.4. The highest BCUT2D eigenvalue weighted by Crippen LogP contribution is 2.30. The largest absolute Gasteiger partial charge is 0.439 e. The molecular weight excluding hydrogens is 473 g/mol. The summed E-state index contributed by atoms with van der Waals surface area (Å²) in [5, 5.41) is 0. The number of piperazine rings is 1. The predicted octanol–water partition coefficient (Wildman–Crippen LogP) is 5.35. The van der Waals surface area contributed by atoms with Crippen molar-refractivity contribution in [2.75, 3.05) is 32.7 Å². The van der Waals surface area contributed by atoms with Gasteiger partial charge in [0.05, 0.1) is 5.56 Å². The standard InChI is InChI=1S/C26H27F3N4O3/c1-19-4-6-21(30-17-19)3-2-12-32-13-15-33(16-14-32)25(34)36-23-9-7-22(8-10-23)35-24-11-5-20(18-31-24)26(27,28)29/h4-11,17-18H,2-3,12-16H2,1H3. The van der Waals surface area contributed by atoms with Crippen LogP contribution in [-0.4, -0.2) is 58.6 Å². The van der Waals surface area contributed by atoms with E-state index >= 15 is 0 Å². The van der Waals surface area contributed by atoms with Crippen LogP contribution in [0.5, 0.6) is 17.4 Å². The van der Waals surface area contributed by atoms with Gasteiger partial charge in [-0.2, -0.15) is 13.2 Å². The number of nitrogens with zero attached hydrogens (tertiary/aromatic N) is 4. The Balaban J connectivity index is 1.19. The molecule has 0 bridgehead atoms. The smallest absolute Gasteiger partial charge is 0.417 e. The number of benzene rings is 1. The molecule has 1 aliphatic heterocycles. The normalized spacial score (nSPS) is 14.5. The van der Waals surface area contributed by atoms with Gasteiger partial charge in [0.15, 0.2) is 0 Å². The van der Waals surface area contributed by atoms with Crippen LogP contribution < -0.4 is 9.47 Å². The Kier molecular flexibility index (Phi) is 8.04. The number of rotatable bonds is 7. The van der Waals surface area contributed by atoms with Gasteiger partial charge in [0.1, 0.15) is 11.5 Å². The highest BCUT2D eigenvalue weighted by Gasteiger charge is 2.30. The predicted molar refractivity (Wildman–Crippen MR) is 127 cm³/mol. The van der Waals surface area contributed by atoms with Crippen LogP contribution in [0, 0.1) is 6.92 Å². The third-order valence-corrected chi connectivity index (χ3v) is 5.83. The Bertz CT molecular complexity index is 1130. The van der Waals surface area contributed by atoms with E-state index in [4.69, 9.17) is 9.47 Å². The highest BCUT2D eigenvalue weighted by molar-refractivity contribution is 5.70. The Morgan fingerprint density at radius 3 is 2.25 bits per heavy atom. The summed E-state index contributed by atoms with van der Waals surface area (Å²) in [7, 11) is 0. The second-order valence-corrected chi connectivity index (χ2v) is 8.58. The molecule has 3 aromatic rings. The average molecular weight is 501 g/mol. The lowest BCUT2D eigenvalue weighted by molar-refractivity contribution is -0.137. The second-order valence-electron chi connectivity index (χ2n) is 8.58. The zero-order chi connectivity index (χ0) is 25.5. The topological polar surface area (TPSA) is 67.8 Å². The van der Waals surface area contributed by atoms with E-state index in [2.05, 4.69) is 27.0 Å². The van der Waals surface area contributed by atoms with Crippen LogP contribution in [0.2, 0.25) is 0 Å². The summed E-state index contributed by atoms with van der Waals surface area (Å²) in [5.74, 6) is 0.734. The van der Waals surface area contributed by atoms with Gasteiger partial charge < -0.3 is 14.4 Å². The number of carbonyl (C=O) groups excluding carboxylic acids is 1. The molecule has 190 valence electrons. The summed E-state index contributed by atoms with van der Waals surface area (Å²) in [4.78, 5) is 24.7. The van der Waals surface area contributed by atoms with Crippen molar-refractivity contribution in [3.05, 3.63) is 77.7 Å². The zero-order valence-electron chi connectivity index (χ0n) is 19.9. The fraction of sp³-hybridized carbons (Fsp3) is 0.346. The number of aromatic nitrogens is 2. The lowest BCUT2D eigenvalue weighted by atomic mass is 10.2. The van der Waals surface area contributed by atoms with Gasteiger partial charge in [-0.25, -0.2) is 9.78 Å². The summed E-state index contributed by atoms with van der Waals surface area (Å²) < 4.78 is 48.8. The number of ether oxygens (including phenoxy) is 2. The summed E-state index contributed by atoms with van der Waals surface area (Å²) in [6.45, 7) is 5.71. The average Bonchev–Trinajstić information content (AvgIpc) is 2.87. The first-order chi connectivity index (χ1) is 17.3. The number of amides is 1. The molecular formula is C26H27F3N4O3. The Morgan fingerprint density at radius 1 is 0.917 bits per heavy atom.